The van der Waals surface area contributed by atoms with E-state index in [1.807, 2.05) is 0 Å². The Morgan fingerprint density at radius 2 is 2.25 bits per heavy atom. The third kappa shape index (κ3) is 3.25. The topological polar surface area (TPSA) is 61.7 Å². The lowest BCUT2D eigenvalue weighted by molar-refractivity contribution is 0.105. The van der Waals surface area contributed by atoms with Gasteiger partial charge < -0.3 is 20.3 Å². The Labute approximate surface area is 107 Å². The molecule has 0 aromatic heterocycles. The van der Waals surface area contributed by atoms with Crippen LogP contribution < -0.4 is 10.1 Å². The summed E-state index contributed by atoms with van der Waals surface area (Å²) in [6.07, 6.45) is -0.825. The van der Waals surface area contributed by atoms with Gasteiger partial charge in [0.25, 0.3) is 0 Å². The maximum atomic E-state index is 9.23. The van der Waals surface area contributed by atoms with Gasteiger partial charge in [-0.05, 0) is 28.1 Å². The first-order chi connectivity index (χ1) is 7.60. The minimum atomic E-state index is -0.825. The number of methoxy groups -OCH3 is 1. The van der Waals surface area contributed by atoms with Crippen LogP contribution in [-0.2, 0) is 0 Å². The fourth-order valence-electron chi connectivity index (χ4n) is 1.14. The molecule has 1 rings (SSSR count). The fourth-order valence-corrected chi connectivity index (χ4v) is 2.12. The van der Waals surface area contributed by atoms with Gasteiger partial charge in [0, 0.05) is 6.54 Å². The highest BCUT2D eigenvalue weighted by molar-refractivity contribution is 9.10. The molecular weight excluding hydrogens is 297 g/mol. The van der Waals surface area contributed by atoms with Crippen molar-refractivity contribution in [2.75, 3.05) is 25.6 Å². The molecule has 1 aromatic rings. The van der Waals surface area contributed by atoms with Crippen molar-refractivity contribution in [1.29, 1.82) is 0 Å². The van der Waals surface area contributed by atoms with E-state index in [1.54, 1.807) is 19.2 Å². The molecule has 0 aliphatic rings. The van der Waals surface area contributed by atoms with E-state index >= 15 is 0 Å². The third-order valence-corrected chi connectivity index (χ3v) is 3.10. The third-order valence-electron chi connectivity index (χ3n) is 2.00. The normalized spacial score (nSPS) is 12.3. The average molecular weight is 311 g/mol. The summed E-state index contributed by atoms with van der Waals surface area (Å²) in [4.78, 5) is 0. The molecule has 0 amide bonds. The number of hydrogen-bond acceptors (Lipinski definition) is 4. The smallest absolute Gasteiger partial charge is 0.135 e. The van der Waals surface area contributed by atoms with E-state index in [0.29, 0.717) is 20.9 Å². The molecular formula is C10H13BrClNO3. The highest BCUT2D eigenvalue weighted by atomic mass is 79.9. The van der Waals surface area contributed by atoms with Crippen molar-refractivity contribution in [2.24, 2.45) is 0 Å². The predicted octanol–water partition coefficient (Wildman–Crippen LogP) is 1.88. The van der Waals surface area contributed by atoms with Gasteiger partial charge in [-0.2, -0.15) is 0 Å². The van der Waals surface area contributed by atoms with Gasteiger partial charge in [0.15, 0.2) is 0 Å². The Kier molecular flexibility index (Phi) is 5.34. The predicted molar refractivity (Wildman–Crippen MR) is 67.3 cm³/mol. The molecule has 3 N–H and O–H groups in total. The lowest BCUT2D eigenvalue weighted by Gasteiger charge is -2.15. The number of anilines is 1. The van der Waals surface area contributed by atoms with Crippen LogP contribution in [0.15, 0.2) is 16.6 Å². The minimum absolute atomic E-state index is 0.210. The molecule has 90 valence electrons. The van der Waals surface area contributed by atoms with Gasteiger partial charge >= 0.3 is 0 Å². The van der Waals surface area contributed by atoms with Crippen LogP contribution in [0.1, 0.15) is 0 Å². The van der Waals surface area contributed by atoms with Crippen molar-refractivity contribution < 1.29 is 14.9 Å². The van der Waals surface area contributed by atoms with Crippen LogP contribution >= 0.6 is 27.5 Å². The van der Waals surface area contributed by atoms with E-state index in [0.717, 1.165) is 0 Å². The quantitative estimate of drug-likeness (QED) is 0.777. The van der Waals surface area contributed by atoms with Crippen LogP contribution in [0.3, 0.4) is 0 Å². The number of benzene rings is 1. The molecule has 0 aliphatic carbocycles. The van der Waals surface area contributed by atoms with Gasteiger partial charge in [-0.3, -0.25) is 0 Å². The van der Waals surface area contributed by atoms with Gasteiger partial charge in [-0.15, -0.1) is 0 Å². The molecule has 0 spiro atoms. The largest absolute Gasteiger partial charge is 0.495 e. The number of halogens is 2. The van der Waals surface area contributed by atoms with Crippen LogP contribution in [0, 0.1) is 0 Å². The maximum Gasteiger partial charge on any atom is 0.135 e. The summed E-state index contributed by atoms with van der Waals surface area (Å²) in [5, 5.41) is 21.4. The van der Waals surface area contributed by atoms with Crippen LogP contribution in [0.5, 0.6) is 5.75 Å². The molecule has 0 radical (unpaired) electrons. The van der Waals surface area contributed by atoms with Crippen LogP contribution in [-0.4, -0.2) is 36.6 Å². The Morgan fingerprint density at radius 1 is 1.56 bits per heavy atom. The molecule has 1 unspecified atom stereocenters. The standard InChI is InChI=1S/C10H13BrClNO3/c1-16-8-3-2-7(12)10(9(8)11)13-4-6(15)5-14/h2-3,6,13-15H,4-5H2,1H3. The summed E-state index contributed by atoms with van der Waals surface area (Å²) < 4.78 is 5.80. The monoisotopic (exact) mass is 309 g/mol. The lowest BCUT2D eigenvalue weighted by Crippen LogP contribution is -2.23. The Bertz CT molecular complexity index is 362. The summed E-state index contributed by atoms with van der Waals surface area (Å²) in [5.41, 5.74) is 0.633. The first-order valence-corrected chi connectivity index (χ1v) is 5.82. The number of hydrogen-bond donors (Lipinski definition) is 3. The Morgan fingerprint density at radius 3 is 2.81 bits per heavy atom. The summed E-state index contributed by atoms with van der Waals surface area (Å²) in [5.74, 6) is 0.644. The van der Waals surface area contributed by atoms with Gasteiger partial charge in [0.2, 0.25) is 0 Å². The Hall–Kier alpha value is -0.490. The molecule has 0 heterocycles. The zero-order valence-corrected chi connectivity index (χ0v) is 11.0. The Balaban J connectivity index is 2.85. The van der Waals surface area contributed by atoms with E-state index in [9.17, 15) is 5.11 Å². The second kappa shape index (κ2) is 6.30. The highest BCUT2D eigenvalue weighted by Gasteiger charge is 2.11. The summed E-state index contributed by atoms with van der Waals surface area (Å²) in [6, 6.07) is 3.43. The molecule has 0 aliphatic heterocycles. The number of rotatable bonds is 5. The number of aliphatic hydroxyl groups is 2. The molecule has 1 aromatic carbocycles. The molecule has 1 atom stereocenters. The van der Waals surface area contributed by atoms with Gasteiger partial charge in [0.05, 0.1) is 35.0 Å². The second-order valence-electron chi connectivity index (χ2n) is 3.16. The number of nitrogens with one attached hydrogen (secondary N) is 1. The average Bonchev–Trinajstić information content (AvgIpc) is 2.28. The van der Waals surface area contributed by atoms with E-state index in [4.69, 9.17) is 21.4 Å². The van der Waals surface area contributed by atoms with Crippen molar-refractivity contribution >= 4 is 33.2 Å². The summed E-state index contributed by atoms with van der Waals surface area (Å²) in [7, 11) is 1.56. The SMILES string of the molecule is COc1ccc(Cl)c(NCC(O)CO)c1Br. The van der Waals surface area contributed by atoms with Gasteiger partial charge in [-0.1, -0.05) is 11.6 Å². The maximum absolute atomic E-state index is 9.23. The van der Waals surface area contributed by atoms with E-state index in [2.05, 4.69) is 21.2 Å². The van der Waals surface area contributed by atoms with Gasteiger partial charge in [-0.25, -0.2) is 0 Å². The first kappa shape index (κ1) is 13.6. The van der Waals surface area contributed by atoms with Crippen molar-refractivity contribution in [2.45, 2.75) is 6.10 Å². The van der Waals surface area contributed by atoms with Crippen molar-refractivity contribution in [1.82, 2.24) is 0 Å². The van der Waals surface area contributed by atoms with Crippen molar-refractivity contribution in [3.8, 4) is 5.75 Å². The zero-order chi connectivity index (χ0) is 12.1. The number of ether oxygens (including phenoxy) is 1. The number of aliphatic hydroxyl groups excluding tert-OH is 2. The molecule has 0 saturated heterocycles. The fraction of sp³-hybridized carbons (Fsp3) is 0.400. The zero-order valence-electron chi connectivity index (χ0n) is 8.70. The van der Waals surface area contributed by atoms with Crippen LogP contribution in [0.4, 0.5) is 5.69 Å². The summed E-state index contributed by atoms with van der Waals surface area (Å²) in [6.45, 7) is -0.0891. The van der Waals surface area contributed by atoms with Crippen molar-refractivity contribution in [3.63, 3.8) is 0 Å². The highest BCUT2D eigenvalue weighted by Crippen LogP contribution is 2.37. The second-order valence-corrected chi connectivity index (χ2v) is 4.36. The molecule has 0 bridgehead atoms. The van der Waals surface area contributed by atoms with Crippen LogP contribution in [0.25, 0.3) is 0 Å². The van der Waals surface area contributed by atoms with E-state index < -0.39 is 6.10 Å². The minimum Gasteiger partial charge on any atom is -0.495 e. The first-order valence-electron chi connectivity index (χ1n) is 4.65. The van der Waals surface area contributed by atoms with Crippen LogP contribution in [0.2, 0.25) is 5.02 Å². The molecule has 0 saturated carbocycles. The molecule has 16 heavy (non-hydrogen) atoms. The molecule has 0 fully saturated rings. The van der Waals surface area contributed by atoms with E-state index in [-0.39, 0.29) is 13.2 Å². The molecule has 6 heteroatoms. The summed E-state index contributed by atoms with van der Waals surface area (Å²) >= 11 is 9.34. The van der Waals surface area contributed by atoms with Crippen molar-refractivity contribution in [3.05, 3.63) is 21.6 Å². The lowest BCUT2D eigenvalue weighted by atomic mass is 10.3. The van der Waals surface area contributed by atoms with E-state index in [1.165, 1.54) is 0 Å². The van der Waals surface area contributed by atoms with Gasteiger partial charge in [0.1, 0.15) is 5.75 Å². The molecule has 4 nitrogen and oxygen atoms in total.